The number of nitrogens with zero attached hydrogens (tertiary/aromatic N) is 1. The second-order valence-electron chi connectivity index (χ2n) is 5.68. The topological polar surface area (TPSA) is 63.7 Å². The lowest BCUT2D eigenvalue weighted by molar-refractivity contribution is -0.163. The summed E-state index contributed by atoms with van der Waals surface area (Å²) in [5.41, 5.74) is 0.381. The average Bonchev–Trinajstić information content (AvgIpc) is 2.52. The first kappa shape index (κ1) is 13.8. The van der Waals surface area contributed by atoms with E-state index in [2.05, 4.69) is 0 Å². The van der Waals surface area contributed by atoms with E-state index in [-0.39, 0.29) is 31.0 Å². The van der Waals surface area contributed by atoms with Crippen molar-refractivity contribution < 1.29 is 19.1 Å². The zero-order chi connectivity index (χ0) is 15.2. The molecule has 0 aromatic heterocycles. The first-order chi connectivity index (χ1) is 10.0. The van der Waals surface area contributed by atoms with Crippen molar-refractivity contribution in [2.45, 2.75) is 25.2 Å². The minimum atomic E-state index is -1.26. The Morgan fingerprint density at radius 2 is 2.05 bits per heavy atom. The third-order valence-corrected chi connectivity index (χ3v) is 4.73. The van der Waals surface area contributed by atoms with Gasteiger partial charge in [-0.2, -0.15) is 0 Å². The number of hydrogen-bond donors (Lipinski definition) is 0. The van der Waals surface area contributed by atoms with Crippen molar-refractivity contribution in [3.8, 4) is 0 Å². The van der Waals surface area contributed by atoms with Crippen LogP contribution in [0.25, 0.3) is 0 Å². The lowest BCUT2D eigenvalue weighted by atomic mass is 9.60. The lowest BCUT2D eigenvalue weighted by Gasteiger charge is -2.46. The van der Waals surface area contributed by atoms with Crippen LogP contribution < -0.4 is 4.90 Å². The minimum absolute atomic E-state index is 0.0895. The van der Waals surface area contributed by atoms with Crippen molar-refractivity contribution in [3.05, 3.63) is 29.8 Å². The molecule has 1 aliphatic heterocycles. The van der Waals surface area contributed by atoms with E-state index in [0.717, 1.165) is 11.3 Å². The third kappa shape index (κ3) is 1.73. The molecule has 0 radical (unpaired) electrons. The van der Waals surface area contributed by atoms with Crippen molar-refractivity contribution in [1.29, 1.82) is 0 Å². The SMILES string of the molecule is COC(=O)[C@]12CCC(=O)C[C@H]1c1ccccc1N(C)C2=O. The molecule has 1 fully saturated rings. The van der Waals surface area contributed by atoms with E-state index in [1.807, 2.05) is 24.3 Å². The molecule has 110 valence electrons. The highest BCUT2D eigenvalue weighted by molar-refractivity contribution is 6.14. The second kappa shape index (κ2) is 4.69. The van der Waals surface area contributed by atoms with Crippen LogP contribution >= 0.6 is 0 Å². The van der Waals surface area contributed by atoms with E-state index in [9.17, 15) is 14.4 Å². The van der Waals surface area contributed by atoms with Gasteiger partial charge in [0.25, 0.3) is 0 Å². The van der Waals surface area contributed by atoms with Crippen molar-refractivity contribution in [1.82, 2.24) is 0 Å². The predicted molar refractivity (Wildman–Crippen MR) is 75.9 cm³/mol. The van der Waals surface area contributed by atoms with E-state index >= 15 is 0 Å². The average molecular weight is 287 g/mol. The van der Waals surface area contributed by atoms with Crippen molar-refractivity contribution in [3.63, 3.8) is 0 Å². The maximum absolute atomic E-state index is 12.9. The number of esters is 1. The van der Waals surface area contributed by atoms with Crippen LogP contribution in [0.4, 0.5) is 5.69 Å². The molecule has 1 aliphatic carbocycles. The van der Waals surface area contributed by atoms with Gasteiger partial charge in [-0.1, -0.05) is 18.2 Å². The number of ketones is 1. The van der Waals surface area contributed by atoms with Crippen LogP contribution in [0, 0.1) is 5.41 Å². The van der Waals surface area contributed by atoms with E-state index in [4.69, 9.17) is 4.74 Å². The largest absolute Gasteiger partial charge is 0.468 e. The Bertz CT molecular complexity index is 639. The van der Waals surface area contributed by atoms with Crippen LogP contribution in [-0.4, -0.2) is 31.8 Å². The van der Waals surface area contributed by atoms with Gasteiger partial charge in [0.1, 0.15) is 5.78 Å². The molecule has 1 heterocycles. The van der Waals surface area contributed by atoms with Gasteiger partial charge in [-0.15, -0.1) is 0 Å². The summed E-state index contributed by atoms with van der Waals surface area (Å²) < 4.78 is 4.92. The normalized spacial score (nSPS) is 27.9. The van der Waals surface area contributed by atoms with E-state index < -0.39 is 17.3 Å². The highest BCUT2D eigenvalue weighted by atomic mass is 16.5. The summed E-state index contributed by atoms with van der Waals surface area (Å²) in [7, 11) is 2.96. The summed E-state index contributed by atoms with van der Waals surface area (Å²) in [5.74, 6) is -1.14. The van der Waals surface area contributed by atoms with E-state index in [1.54, 1.807) is 7.05 Å². The van der Waals surface area contributed by atoms with Gasteiger partial charge in [0.2, 0.25) is 5.91 Å². The second-order valence-corrected chi connectivity index (χ2v) is 5.68. The van der Waals surface area contributed by atoms with Gasteiger partial charge >= 0.3 is 5.97 Å². The summed E-state index contributed by atoms with van der Waals surface area (Å²) in [5, 5.41) is 0. The predicted octanol–water partition coefficient (Wildman–Crippen LogP) is 1.66. The molecule has 1 saturated carbocycles. The Labute approximate surface area is 122 Å². The Hall–Kier alpha value is -2.17. The van der Waals surface area contributed by atoms with Gasteiger partial charge in [-0.25, -0.2) is 0 Å². The summed E-state index contributed by atoms with van der Waals surface area (Å²) in [6.45, 7) is 0. The number of benzene rings is 1. The quantitative estimate of drug-likeness (QED) is 0.582. The number of carbonyl (C=O) groups excluding carboxylic acids is 3. The van der Waals surface area contributed by atoms with Gasteiger partial charge in [-0.3, -0.25) is 14.4 Å². The molecule has 1 aromatic carbocycles. The number of para-hydroxylation sites is 1. The third-order valence-electron chi connectivity index (χ3n) is 4.73. The molecular weight excluding hydrogens is 270 g/mol. The molecule has 0 saturated heterocycles. The minimum Gasteiger partial charge on any atom is -0.468 e. The number of rotatable bonds is 1. The summed E-state index contributed by atoms with van der Waals surface area (Å²) in [6, 6.07) is 7.44. The Morgan fingerprint density at radius 1 is 1.33 bits per heavy atom. The van der Waals surface area contributed by atoms with Crippen LogP contribution in [0.2, 0.25) is 0 Å². The van der Waals surface area contributed by atoms with Gasteiger partial charge < -0.3 is 9.64 Å². The molecule has 2 aliphatic rings. The molecule has 2 atom stereocenters. The number of amides is 1. The number of hydrogen-bond acceptors (Lipinski definition) is 4. The molecule has 21 heavy (non-hydrogen) atoms. The molecule has 0 unspecified atom stereocenters. The highest BCUT2D eigenvalue weighted by Crippen LogP contribution is 2.53. The number of carbonyl (C=O) groups is 3. The number of methoxy groups -OCH3 is 1. The van der Waals surface area contributed by atoms with Gasteiger partial charge in [0.15, 0.2) is 5.41 Å². The number of ether oxygens (including phenoxy) is 1. The first-order valence-corrected chi connectivity index (χ1v) is 6.99. The van der Waals surface area contributed by atoms with Crippen molar-refractivity contribution in [2.24, 2.45) is 5.41 Å². The summed E-state index contributed by atoms with van der Waals surface area (Å²) in [6.07, 6.45) is 0.680. The standard InChI is InChI=1S/C16H17NO4/c1-17-13-6-4-3-5-11(13)12-9-10(18)7-8-16(12,14(17)19)15(20)21-2/h3-6,12H,7-9H2,1-2H3/t12-,16+/m0/s1. The van der Waals surface area contributed by atoms with Gasteiger partial charge in [0.05, 0.1) is 7.11 Å². The van der Waals surface area contributed by atoms with Gasteiger partial charge in [0, 0.05) is 31.5 Å². The Kier molecular flexibility index (Phi) is 3.08. The molecule has 0 N–H and O–H groups in total. The van der Waals surface area contributed by atoms with Crippen molar-refractivity contribution in [2.75, 3.05) is 19.1 Å². The summed E-state index contributed by atoms with van der Waals surface area (Å²) in [4.78, 5) is 38.7. The fourth-order valence-electron chi connectivity index (χ4n) is 3.66. The zero-order valence-electron chi connectivity index (χ0n) is 12.1. The summed E-state index contributed by atoms with van der Waals surface area (Å²) >= 11 is 0. The molecule has 3 rings (SSSR count). The number of fused-ring (bicyclic) bond motifs is 3. The van der Waals surface area contributed by atoms with Crippen LogP contribution in [0.5, 0.6) is 0 Å². The van der Waals surface area contributed by atoms with Crippen LogP contribution in [0.1, 0.15) is 30.7 Å². The first-order valence-electron chi connectivity index (χ1n) is 6.99. The van der Waals surface area contributed by atoms with Crippen LogP contribution in [0.3, 0.4) is 0 Å². The molecule has 0 spiro atoms. The molecule has 5 heteroatoms. The maximum atomic E-state index is 12.9. The monoisotopic (exact) mass is 287 g/mol. The highest BCUT2D eigenvalue weighted by Gasteiger charge is 2.60. The number of Topliss-reactive ketones (excluding diaryl/α,β-unsaturated/α-hetero) is 1. The molecule has 1 aromatic rings. The Morgan fingerprint density at radius 3 is 2.76 bits per heavy atom. The fraction of sp³-hybridized carbons (Fsp3) is 0.438. The Balaban J connectivity index is 2.24. The lowest BCUT2D eigenvalue weighted by Crippen LogP contribution is -2.57. The van der Waals surface area contributed by atoms with Gasteiger partial charge in [-0.05, 0) is 18.1 Å². The van der Waals surface area contributed by atoms with Crippen LogP contribution in [0.15, 0.2) is 24.3 Å². The van der Waals surface area contributed by atoms with Crippen molar-refractivity contribution >= 4 is 23.3 Å². The van der Waals surface area contributed by atoms with Crippen LogP contribution in [-0.2, 0) is 19.1 Å². The van der Waals surface area contributed by atoms with E-state index in [0.29, 0.717) is 0 Å². The maximum Gasteiger partial charge on any atom is 0.322 e. The zero-order valence-corrected chi connectivity index (χ0v) is 12.1. The van der Waals surface area contributed by atoms with E-state index in [1.165, 1.54) is 12.0 Å². The smallest absolute Gasteiger partial charge is 0.322 e. The number of anilines is 1. The molecule has 0 bridgehead atoms. The molecule has 5 nitrogen and oxygen atoms in total. The molecule has 1 amide bonds. The fourth-order valence-corrected chi connectivity index (χ4v) is 3.66. The molecular formula is C16H17NO4.